The summed E-state index contributed by atoms with van der Waals surface area (Å²) in [5, 5.41) is 3.40. The second-order valence-electron chi connectivity index (χ2n) is 6.92. The summed E-state index contributed by atoms with van der Waals surface area (Å²) in [7, 11) is 0. The van der Waals surface area contributed by atoms with E-state index in [2.05, 4.69) is 37.4 Å². The molecule has 2 aliphatic rings. The molecule has 1 saturated carbocycles. The van der Waals surface area contributed by atoms with Crippen LogP contribution in [0.4, 0.5) is 0 Å². The van der Waals surface area contributed by atoms with Gasteiger partial charge >= 0.3 is 0 Å². The van der Waals surface area contributed by atoms with Crippen LogP contribution in [0.25, 0.3) is 0 Å². The lowest BCUT2D eigenvalue weighted by molar-refractivity contribution is 0.142. The SMILES string of the molecule is CC1(C)CCC(COc2cccc3c2CNC3)CC1. The van der Waals surface area contributed by atoms with Crippen LogP contribution >= 0.6 is 0 Å². The third-order valence-electron chi connectivity index (χ3n) is 4.78. The second kappa shape index (κ2) is 5.16. The molecule has 1 aromatic rings. The van der Waals surface area contributed by atoms with Crippen LogP contribution in [0.15, 0.2) is 18.2 Å². The normalized spacial score (nSPS) is 22.2. The van der Waals surface area contributed by atoms with E-state index in [0.29, 0.717) is 5.41 Å². The molecule has 1 aliphatic carbocycles. The molecule has 1 aromatic carbocycles. The van der Waals surface area contributed by atoms with Crippen molar-refractivity contribution in [3.8, 4) is 5.75 Å². The molecule has 0 bridgehead atoms. The zero-order valence-electron chi connectivity index (χ0n) is 12.2. The zero-order chi connectivity index (χ0) is 13.3. The Hall–Kier alpha value is -1.02. The number of fused-ring (bicyclic) bond motifs is 1. The quantitative estimate of drug-likeness (QED) is 0.889. The second-order valence-corrected chi connectivity index (χ2v) is 6.92. The van der Waals surface area contributed by atoms with E-state index in [1.165, 1.54) is 36.8 Å². The highest BCUT2D eigenvalue weighted by molar-refractivity contribution is 5.42. The van der Waals surface area contributed by atoms with Gasteiger partial charge in [-0.2, -0.15) is 0 Å². The lowest BCUT2D eigenvalue weighted by atomic mass is 9.73. The molecular formula is C17H25NO. The van der Waals surface area contributed by atoms with Gasteiger partial charge in [-0.1, -0.05) is 26.0 Å². The van der Waals surface area contributed by atoms with Gasteiger partial charge in [-0.3, -0.25) is 0 Å². The highest BCUT2D eigenvalue weighted by atomic mass is 16.5. The van der Waals surface area contributed by atoms with Crippen LogP contribution in [0.3, 0.4) is 0 Å². The van der Waals surface area contributed by atoms with E-state index in [0.717, 1.165) is 31.4 Å². The summed E-state index contributed by atoms with van der Waals surface area (Å²) >= 11 is 0. The fraction of sp³-hybridized carbons (Fsp3) is 0.647. The number of ether oxygens (including phenoxy) is 1. The maximum absolute atomic E-state index is 6.12. The highest BCUT2D eigenvalue weighted by Gasteiger charge is 2.27. The van der Waals surface area contributed by atoms with Crippen molar-refractivity contribution in [1.82, 2.24) is 5.32 Å². The molecule has 0 unspecified atom stereocenters. The van der Waals surface area contributed by atoms with Gasteiger partial charge in [0.2, 0.25) is 0 Å². The van der Waals surface area contributed by atoms with Gasteiger partial charge in [0.05, 0.1) is 6.61 Å². The van der Waals surface area contributed by atoms with Gasteiger partial charge in [0, 0.05) is 18.7 Å². The van der Waals surface area contributed by atoms with Crippen LogP contribution in [0.5, 0.6) is 5.75 Å². The molecular weight excluding hydrogens is 234 g/mol. The third kappa shape index (κ3) is 2.94. The van der Waals surface area contributed by atoms with Gasteiger partial charge in [-0.05, 0) is 48.6 Å². The van der Waals surface area contributed by atoms with Gasteiger partial charge in [0.25, 0.3) is 0 Å². The molecule has 1 heterocycles. The zero-order valence-corrected chi connectivity index (χ0v) is 12.2. The average Bonchev–Trinajstić information content (AvgIpc) is 2.86. The first kappa shape index (κ1) is 13.0. The number of nitrogens with one attached hydrogen (secondary N) is 1. The van der Waals surface area contributed by atoms with Crippen molar-refractivity contribution in [3.63, 3.8) is 0 Å². The lowest BCUT2D eigenvalue weighted by Gasteiger charge is -2.34. The molecule has 0 saturated heterocycles. The van der Waals surface area contributed by atoms with E-state index in [-0.39, 0.29) is 0 Å². The van der Waals surface area contributed by atoms with Gasteiger partial charge < -0.3 is 10.1 Å². The first-order chi connectivity index (χ1) is 9.14. The molecule has 104 valence electrons. The highest BCUT2D eigenvalue weighted by Crippen LogP contribution is 2.38. The minimum absolute atomic E-state index is 0.550. The maximum atomic E-state index is 6.12. The molecule has 0 radical (unpaired) electrons. The van der Waals surface area contributed by atoms with Crippen LogP contribution in [0.1, 0.15) is 50.7 Å². The number of benzene rings is 1. The van der Waals surface area contributed by atoms with E-state index >= 15 is 0 Å². The van der Waals surface area contributed by atoms with Crippen molar-refractivity contribution >= 4 is 0 Å². The fourth-order valence-corrected chi connectivity index (χ4v) is 3.27. The van der Waals surface area contributed by atoms with E-state index in [9.17, 15) is 0 Å². The van der Waals surface area contributed by atoms with Gasteiger partial charge in [-0.15, -0.1) is 0 Å². The topological polar surface area (TPSA) is 21.3 Å². The number of hydrogen-bond donors (Lipinski definition) is 1. The fourth-order valence-electron chi connectivity index (χ4n) is 3.27. The Kier molecular flexibility index (Phi) is 3.53. The third-order valence-corrected chi connectivity index (χ3v) is 4.78. The average molecular weight is 259 g/mol. The molecule has 1 aliphatic heterocycles. The monoisotopic (exact) mass is 259 g/mol. The summed E-state index contributed by atoms with van der Waals surface area (Å²) in [5.74, 6) is 1.85. The number of hydrogen-bond acceptors (Lipinski definition) is 2. The molecule has 1 fully saturated rings. The summed E-state index contributed by atoms with van der Waals surface area (Å²) in [6.07, 6.45) is 5.32. The van der Waals surface area contributed by atoms with E-state index < -0.39 is 0 Å². The predicted octanol–water partition coefficient (Wildman–Crippen LogP) is 3.89. The van der Waals surface area contributed by atoms with Crippen LogP contribution < -0.4 is 10.1 Å². The van der Waals surface area contributed by atoms with Crippen LogP contribution in [0, 0.1) is 11.3 Å². The Morgan fingerprint density at radius 1 is 1.21 bits per heavy atom. The Bertz CT molecular complexity index is 443. The molecule has 1 N–H and O–H groups in total. The molecule has 0 amide bonds. The van der Waals surface area contributed by atoms with E-state index in [4.69, 9.17) is 4.74 Å². The van der Waals surface area contributed by atoms with Crippen molar-refractivity contribution in [2.75, 3.05) is 6.61 Å². The number of rotatable bonds is 3. The van der Waals surface area contributed by atoms with Gasteiger partial charge in [0.1, 0.15) is 5.75 Å². The van der Waals surface area contributed by atoms with Crippen molar-refractivity contribution in [2.24, 2.45) is 11.3 Å². The molecule has 0 aromatic heterocycles. The van der Waals surface area contributed by atoms with Crippen LogP contribution in [-0.4, -0.2) is 6.61 Å². The lowest BCUT2D eigenvalue weighted by Crippen LogP contribution is -2.25. The Balaban J connectivity index is 1.57. The molecule has 2 heteroatoms. The molecule has 19 heavy (non-hydrogen) atoms. The predicted molar refractivity (Wildman–Crippen MR) is 78.2 cm³/mol. The van der Waals surface area contributed by atoms with Gasteiger partial charge in [-0.25, -0.2) is 0 Å². The van der Waals surface area contributed by atoms with Crippen molar-refractivity contribution in [2.45, 2.75) is 52.6 Å². The molecule has 2 nitrogen and oxygen atoms in total. The first-order valence-electron chi connectivity index (χ1n) is 7.58. The minimum Gasteiger partial charge on any atom is -0.493 e. The first-order valence-corrected chi connectivity index (χ1v) is 7.58. The maximum Gasteiger partial charge on any atom is 0.124 e. The summed E-state index contributed by atoms with van der Waals surface area (Å²) in [6.45, 7) is 7.62. The smallest absolute Gasteiger partial charge is 0.124 e. The van der Waals surface area contributed by atoms with Gasteiger partial charge in [0.15, 0.2) is 0 Å². The van der Waals surface area contributed by atoms with Crippen molar-refractivity contribution < 1.29 is 4.74 Å². The van der Waals surface area contributed by atoms with Crippen LogP contribution in [0.2, 0.25) is 0 Å². The summed E-state index contributed by atoms with van der Waals surface area (Å²) < 4.78 is 6.12. The summed E-state index contributed by atoms with van der Waals surface area (Å²) in [5.41, 5.74) is 3.33. The standard InChI is InChI=1S/C17H25NO/c1-17(2)8-6-13(7-9-17)12-19-16-5-3-4-14-10-18-11-15(14)16/h3-5,13,18H,6-12H2,1-2H3. The van der Waals surface area contributed by atoms with Crippen molar-refractivity contribution in [3.05, 3.63) is 29.3 Å². The summed E-state index contributed by atoms with van der Waals surface area (Å²) in [4.78, 5) is 0. The Labute approximate surface area is 116 Å². The largest absolute Gasteiger partial charge is 0.493 e. The minimum atomic E-state index is 0.550. The summed E-state index contributed by atoms with van der Waals surface area (Å²) in [6, 6.07) is 6.44. The van der Waals surface area contributed by atoms with E-state index in [1.807, 2.05) is 0 Å². The Morgan fingerprint density at radius 3 is 2.79 bits per heavy atom. The van der Waals surface area contributed by atoms with Crippen LogP contribution in [-0.2, 0) is 13.1 Å². The molecule has 3 rings (SSSR count). The molecule has 0 spiro atoms. The molecule has 0 atom stereocenters. The Morgan fingerprint density at radius 2 is 2.00 bits per heavy atom. The van der Waals surface area contributed by atoms with E-state index in [1.54, 1.807) is 0 Å². The van der Waals surface area contributed by atoms with Crippen molar-refractivity contribution in [1.29, 1.82) is 0 Å².